The van der Waals surface area contributed by atoms with E-state index in [0.717, 1.165) is 11.0 Å². The molecular formula is C27H18BrN. The zero-order valence-electron chi connectivity index (χ0n) is 15.8. The van der Waals surface area contributed by atoms with E-state index in [1.807, 2.05) is 0 Å². The quantitative estimate of drug-likeness (QED) is 0.243. The Morgan fingerprint density at radius 2 is 1.21 bits per heavy atom. The zero-order chi connectivity index (χ0) is 19.4. The van der Waals surface area contributed by atoms with Gasteiger partial charge in [-0.05, 0) is 39.9 Å². The lowest BCUT2D eigenvalue weighted by atomic mass is 9.97. The van der Waals surface area contributed by atoms with E-state index < -0.39 is 0 Å². The Morgan fingerprint density at radius 1 is 0.586 bits per heavy atom. The molecule has 6 aromatic rings. The molecule has 0 N–H and O–H groups in total. The van der Waals surface area contributed by atoms with Gasteiger partial charge in [0.05, 0.1) is 5.52 Å². The van der Waals surface area contributed by atoms with Crippen molar-refractivity contribution in [2.24, 2.45) is 0 Å². The number of nitrogens with zero attached hydrogens (tertiary/aromatic N) is 1. The molecule has 5 aromatic carbocycles. The molecule has 2 heteroatoms. The highest BCUT2D eigenvalue weighted by atomic mass is 79.9. The molecule has 0 aliphatic rings. The number of rotatable bonds is 2. The molecule has 0 radical (unpaired) electrons. The van der Waals surface area contributed by atoms with Crippen molar-refractivity contribution in [3.8, 4) is 0 Å². The molecule has 0 aliphatic carbocycles. The van der Waals surface area contributed by atoms with E-state index in [1.165, 1.54) is 48.9 Å². The summed E-state index contributed by atoms with van der Waals surface area (Å²) < 4.78 is 3.60. The first kappa shape index (κ1) is 16.8. The van der Waals surface area contributed by atoms with Crippen LogP contribution < -0.4 is 0 Å². The Kier molecular flexibility index (Phi) is 3.75. The van der Waals surface area contributed by atoms with Gasteiger partial charge in [-0.2, -0.15) is 0 Å². The van der Waals surface area contributed by atoms with E-state index in [1.54, 1.807) is 0 Å². The lowest BCUT2D eigenvalue weighted by Gasteiger charge is -2.12. The van der Waals surface area contributed by atoms with Crippen LogP contribution >= 0.6 is 15.9 Å². The van der Waals surface area contributed by atoms with Crippen LogP contribution in [-0.2, 0) is 6.54 Å². The van der Waals surface area contributed by atoms with Crippen molar-refractivity contribution in [2.75, 3.05) is 0 Å². The van der Waals surface area contributed by atoms with Crippen molar-refractivity contribution >= 4 is 59.3 Å². The molecule has 0 saturated carbocycles. The second kappa shape index (κ2) is 6.47. The summed E-state index contributed by atoms with van der Waals surface area (Å²) in [6.07, 6.45) is 0. The van der Waals surface area contributed by atoms with Crippen LogP contribution in [0.4, 0.5) is 0 Å². The maximum absolute atomic E-state index is 3.70. The smallest absolute Gasteiger partial charge is 0.0580 e. The molecule has 6 rings (SSSR count). The Hall–Kier alpha value is -3.10. The first-order valence-electron chi connectivity index (χ1n) is 9.86. The maximum atomic E-state index is 3.70. The van der Waals surface area contributed by atoms with Crippen LogP contribution in [0.1, 0.15) is 5.56 Å². The Balaban J connectivity index is 1.88. The van der Waals surface area contributed by atoms with Crippen molar-refractivity contribution in [3.05, 3.63) is 107 Å². The van der Waals surface area contributed by atoms with Gasteiger partial charge in [0.25, 0.3) is 0 Å². The average molecular weight is 436 g/mol. The summed E-state index contributed by atoms with van der Waals surface area (Å²) in [6, 6.07) is 35.0. The first-order chi connectivity index (χ1) is 14.3. The highest BCUT2D eigenvalue weighted by Crippen LogP contribution is 2.41. The molecule has 138 valence electrons. The highest BCUT2D eigenvalue weighted by molar-refractivity contribution is 9.10. The number of aromatic nitrogens is 1. The minimum absolute atomic E-state index is 0.852. The van der Waals surface area contributed by atoms with E-state index in [-0.39, 0.29) is 0 Å². The maximum Gasteiger partial charge on any atom is 0.0580 e. The van der Waals surface area contributed by atoms with Crippen molar-refractivity contribution in [1.82, 2.24) is 4.57 Å². The lowest BCUT2D eigenvalue weighted by molar-refractivity contribution is 0.872. The molecule has 0 atom stereocenters. The van der Waals surface area contributed by atoms with Gasteiger partial charge in [0.1, 0.15) is 0 Å². The molecule has 0 aliphatic heterocycles. The van der Waals surface area contributed by atoms with Crippen molar-refractivity contribution in [3.63, 3.8) is 0 Å². The molecule has 1 heterocycles. The lowest BCUT2D eigenvalue weighted by Crippen LogP contribution is -1.99. The van der Waals surface area contributed by atoms with E-state index in [4.69, 9.17) is 0 Å². The minimum atomic E-state index is 0.852. The van der Waals surface area contributed by atoms with Crippen LogP contribution in [0.2, 0.25) is 0 Å². The summed E-state index contributed by atoms with van der Waals surface area (Å²) in [4.78, 5) is 0. The van der Waals surface area contributed by atoms with E-state index in [9.17, 15) is 0 Å². The van der Waals surface area contributed by atoms with Gasteiger partial charge >= 0.3 is 0 Å². The molecule has 0 unspecified atom stereocenters. The van der Waals surface area contributed by atoms with E-state index >= 15 is 0 Å². The summed E-state index contributed by atoms with van der Waals surface area (Å²) in [7, 11) is 0. The van der Waals surface area contributed by atoms with Crippen molar-refractivity contribution in [2.45, 2.75) is 6.54 Å². The van der Waals surface area contributed by atoms with Crippen molar-refractivity contribution in [1.29, 1.82) is 0 Å². The van der Waals surface area contributed by atoms with Crippen LogP contribution in [0.3, 0.4) is 0 Å². The number of benzene rings is 5. The van der Waals surface area contributed by atoms with E-state index in [2.05, 4.69) is 118 Å². The van der Waals surface area contributed by atoms with Gasteiger partial charge in [-0.15, -0.1) is 0 Å². The third-order valence-corrected chi connectivity index (χ3v) is 6.37. The average Bonchev–Trinajstić information content (AvgIpc) is 3.08. The highest BCUT2D eigenvalue weighted by Gasteiger charge is 2.17. The van der Waals surface area contributed by atoms with Gasteiger partial charge in [0.15, 0.2) is 0 Å². The van der Waals surface area contributed by atoms with Gasteiger partial charge < -0.3 is 4.57 Å². The molecular weight excluding hydrogens is 418 g/mol. The van der Waals surface area contributed by atoms with Crippen molar-refractivity contribution < 1.29 is 0 Å². The molecule has 0 spiro atoms. The van der Waals surface area contributed by atoms with Crippen LogP contribution in [0.5, 0.6) is 0 Å². The Labute approximate surface area is 177 Å². The van der Waals surface area contributed by atoms with Gasteiger partial charge in [0, 0.05) is 32.7 Å². The normalized spacial score (nSPS) is 11.8. The second-order valence-corrected chi connectivity index (χ2v) is 8.46. The fraction of sp³-hybridized carbons (Fsp3) is 0.0370. The van der Waals surface area contributed by atoms with Gasteiger partial charge in [-0.1, -0.05) is 94.8 Å². The van der Waals surface area contributed by atoms with Gasteiger partial charge in [-0.3, -0.25) is 0 Å². The summed E-state index contributed by atoms with van der Waals surface area (Å²) in [5.41, 5.74) is 3.90. The minimum Gasteiger partial charge on any atom is -0.335 e. The third-order valence-electron chi connectivity index (χ3n) is 5.88. The summed E-state index contributed by atoms with van der Waals surface area (Å²) in [6.45, 7) is 0.852. The molecule has 0 saturated heterocycles. The Bertz CT molecular complexity index is 1530. The van der Waals surface area contributed by atoms with Gasteiger partial charge in [-0.25, -0.2) is 0 Å². The monoisotopic (exact) mass is 435 g/mol. The molecule has 29 heavy (non-hydrogen) atoms. The fourth-order valence-corrected chi connectivity index (χ4v) is 5.03. The Morgan fingerprint density at radius 3 is 1.97 bits per heavy atom. The molecule has 1 nitrogen and oxygen atoms in total. The largest absolute Gasteiger partial charge is 0.335 e. The molecule has 0 bridgehead atoms. The standard InChI is InChI=1S/C27H18BrN/c28-19-14-15-25-24(16-19)26-22-12-6-4-10-20(22)21-11-5-7-13-23(21)27(26)29(25)17-18-8-2-1-3-9-18/h1-16H,17H2. The molecule has 1 aromatic heterocycles. The number of fused-ring (bicyclic) bond motifs is 8. The predicted octanol–water partition coefficient (Wildman–Crippen LogP) is 7.91. The first-order valence-corrected chi connectivity index (χ1v) is 10.7. The van der Waals surface area contributed by atoms with Crippen LogP contribution in [0.25, 0.3) is 43.4 Å². The topological polar surface area (TPSA) is 4.93 Å². The van der Waals surface area contributed by atoms with Crippen LogP contribution in [-0.4, -0.2) is 4.57 Å². The fourth-order valence-electron chi connectivity index (χ4n) is 4.67. The number of halogens is 1. The second-order valence-electron chi connectivity index (χ2n) is 7.55. The van der Waals surface area contributed by atoms with Crippen LogP contribution in [0.15, 0.2) is 102 Å². The number of hydrogen-bond donors (Lipinski definition) is 0. The third kappa shape index (κ3) is 2.53. The summed E-state index contributed by atoms with van der Waals surface area (Å²) >= 11 is 3.70. The van der Waals surface area contributed by atoms with Gasteiger partial charge in [0.2, 0.25) is 0 Å². The summed E-state index contributed by atoms with van der Waals surface area (Å²) in [5.74, 6) is 0. The van der Waals surface area contributed by atoms with E-state index in [0.29, 0.717) is 0 Å². The zero-order valence-corrected chi connectivity index (χ0v) is 17.4. The van der Waals surface area contributed by atoms with Crippen LogP contribution in [0, 0.1) is 0 Å². The number of hydrogen-bond acceptors (Lipinski definition) is 0. The SMILES string of the molecule is Brc1ccc2c(c1)c1c3ccccc3c3ccccc3c1n2Cc1ccccc1. The summed E-state index contributed by atoms with van der Waals surface area (Å²) in [5, 5.41) is 7.89. The predicted molar refractivity (Wildman–Crippen MR) is 128 cm³/mol. The molecule has 0 amide bonds. The molecule has 0 fully saturated rings.